The molecule has 30 heavy (non-hydrogen) atoms. The van der Waals surface area contributed by atoms with Gasteiger partial charge in [-0.05, 0) is 42.2 Å². The van der Waals surface area contributed by atoms with Crippen molar-refractivity contribution in [1.29, 1.82) is 0 Å². The van der Waals surface area contributed by atoms with Crippen LogP contribution in [0.1, 0.15) is 30.5 Å². The zero-order chi connectivity index (χ0) is 20.5. The van der Waals surface area contributed by atoms with Crippen molar-refractivity contribution in [2.24, 2.45) is 4.99 Å². The van der Waals surface area contributed by atoms with Crippen molar-refractivity contribution in [2.75, 3.05) is 20.7 Å². The first kappa shape index (κ1) is 23.7. The van der Waals surface area contributed by atoms with E-state index in [0.29, 0.717) is 18.4 Å². The van der Waals surface area contributed by atoms with Gasteiger partial charge in [0.05, 0.1) is 19.3 Å². The third-order valence-electron chi connectivity index (χ3n) is 4.79. The minimum absolute atomic E-state index is 0. The summed E-state index contributed by atoms with van der Waals surface area (Å²) in [6.07, 6.45) is 2.67. The number of nitrogens with zero attached hydrogens (tertiary/aromatic N) is 2. The third kappa shape index (κ3) is 6.76. The topological polar surface area (TPSA) is 71.7 Å². The van der Waals surface area contributed by atoms with Crippen LogP contribution in [0.2, 0.25) is 0 Å². The maximum absolute atomic E-state index is 5.57. The van der Waals surface area contributed by atoms with E-state index in [9.17, 15) is 0 Å². The second-order valence-electron chi connectivity index (χ2n) is 6.83. The molecular formula is C23H29IN4O2. The van der Waals surface area contributed by atoms with Crippen molar-refractivity contribution in [3.05, 3.63) is 72.1 Å². The lowest BCUT2D eigenvalue weighted by atomic mass is 9.98. The number of ether oxygens (including phenoxy) is 1. The number of hydrogen-bond donors (Lipinski definition) is 2. The molecule has 3 aromatic rings. The number of benzene rings is 2. The van der Waals surface area contributed by atoms with Gasteiger partial charge in [-0.2, -0.15) is 0 Å². The molecule has 2 N–H and O–H groups in total. The zero-order valence-electron chi connectivity index (χ0n) is 17.6. The molecule has 7 heteroatoms. The fourth-order valence-electron chi connectivity index (χ4n) is 3.00. The van der Waals surface area contributed by atoms with Gasteiger partial charge in [-0.25, -0.2) is 4.98 Å². The molecule has 0 aliphatic carbocycles. The van der Waals surface area contributed by atoms with Crippen LogP contribution in [0.5, 0.6) is 5.75 Å². The second-order valence-corrected chi connectivity index (χ2v) is 6.83. The van der Waals surface area contributed by atoms with Gasteiger partial charge in [0.1, 0.15) is 12.0 Å². The Hall–Kier alpha value is -2.55. The Kier molecular flexibility index (Phi) is 9.66. The van der Waals surface area contributed by atoms with E-state index in [4.69, 9.17) is 9.15 Å². The number of nitrogens with one attached hydrogen (secondary N) is 2. The van der Waals surface area contributed by atoms with Crippen LogP contribution in [0.3, 0.4) is 0 Å². The summed E-state index contributed by atoms with van der Waals surface area (Å²) in [4.78, 5) is 8.81. The first-order chi connectivity index (χ1) is 14.2. The molecule has 0 saturated heterocycles. The predicted octanol–water partition coefficient (Wildman–Crippen LogP) is 4.83. The molecule has 0 aliphatic heterocycles. The number of rotatable bonds is 8. The van der Waals surface area contributed by atoms with Gasteiger partial charge in [0.2, 0.25) is 5.89 Å². The summed E-state index contributed by atoms with van der Waals surface area (Å²) in [6, 6.07) is 18.1. The molecule has 2 aromatic carbocycles. The Morgan fingerprint density at radius 1 is 1.10 bits per heavy atom. The number of aromatic nitrogens is 1. The second kappa shape index (κ2) is 12.2. The quantitative estimate of drug-likeness (QED) is 0.253. The van der Waals surface area contributed by atoms with Crippen LogP contribution in [0.25, 0.3) is 11.5 Å². The average molecular weight is 520 g/mol. The van der Waals surface area contributed by atoms with Gasteiger partial charge in [0.25, 0.3) is 0 Å². The summed E-state index contributed by atoms with van der Waals surface area (Å²) in [5.74, 6) is 2.69. The molecule has 160 valence electrons. The molecular weight excluding hydrogens is 491 g/mol. The third-order valence-corrected chi connectivity index (χ3v) is 4.79. The lowest BCUT2D eigenvalue weighted by Crippen LogP contribution is -2.37. The Morgan fingerprint density at radius 3 is 2.50 bits per heavy atom. The van der Waals surface area contributed by atoms with Crippen LogP contribution in [0.4, 0.5) is 0 Å². The molecule has 3 rings (SSSR count). The number of oxazole rings is 1. The Labute approximate surface area is 195 Å². The Morgan fingerprint density at radius 2 is 1.83 bits per heavy atom. The van der Waals surface area contributed by atoms with Crippen LogP contribution < -0.4 is 15.4 Å². The molecule has 1 unspecified atom stereocenters. The molecule has 0 aliphatic rings. The SMILES string of the molecule is CN=C(NCCC(C)c1ccc(OC)cc1)NCc1coc(-c2ccccc2)n1.I. The number of hydrogen-bond acceptors (Lipinski definition) is 4. The summed E-state index contributed by atoms with van der Waals surface area (Å²) in [5.41, 5.74) is 3.10. The highest BCUT2D eigenvalue weighted by atomic mass is 127. The van der Waals surface area contributed by atoms with Crippen molar-refractivity contribution < 1.29 is 9.15 Å². The van der Waals surface area contributed by atoms with Crippen molar-refractivity contribution >= 4 is 29.9 Å². The molecule has 0 spiro atoms. The van der Waals surface area contributed by atoms with E-state index in [-0.39, 0.29) is 24.0 Å². The molecule has 1 heterocycles. The Balaban J connectivity index is 0.00000320. The van der Waals surface area contributed by atoms with Crippen molar-refractivity contribution in [3.8, 4) is 17.2 Å². The smallest absolute Gasteiger partial charge is 0.226 e. The molecule has 0 radical (unpaired) electrons. The molecule has 1 atom stereocenters. The highest BCUT2D eigenvalue weighted by Gasteiger charge is 2.08. The van der Waals surface area contributed by atoms with E-state index in [1.807, 2.05) is 42.5 Å². The van der Waals surface area contributed by atoms with E-state index < -0.39 is 0 Å². The summed E-state index contributed by atoms with van der Waals surface area (Å²) >= 11 is 0. The minimum Gasteiger partial charge on any atom is -0.497 e. The average Bonchev–Trinajstić information content (AvgIpc) is 3.25. The highest BCUT2D eigenvalue weighted by molar-refractivity contribution is 14.0. The zero-order valence-corrected chi connectivity index (χ0v) is 19.9. The first-order valence-electron chi connectivity index (χ1n) is 9.78. The standard InChI is InChI=1S/C23H28N4O2.HI/c1-17(18-9-11-21(28-3)12-10-18)13-14-25-23(24-2)26-15-20-16-29-22(27-20)19-7-5-4-6-8-19;/h4-12,16-17H,13-15H2,1-3H3,(H2,24,25,26);1H. The van der Waals surface area contributed by atoms with E-state index >= 15 is 0 Å². The van der Waals surface area contributed by atoms with Crippen LogP contribution in [0, 0.1) is 0 Å². The van der Waals surface area contributed by atoms with Crippen LogP contribution in [-0.4, -0.2) is 31.6 Å². The van der Waals surface area contributed by atoms with E-state index in [1.54, 1.807) is 20.4 Å². The number of halogens is 1. The van der Waals surface area contributed by atoms with Gasteiger partial charge >= 0.3 is 0 Å². The predicted molar refractivity (Wildman–Crippen MR) is 132 cm³/mol. The molecule has 0 fully saturated rings. The normalized spacial score (nSPS) is 12.0. The van der Waals surface area contributed by atoms with Gasteiger partial charge in [-0.3, -0.25) is 4.99 Å². The van der Waals surface area contributed by atoms with Crippen LogP contribution in [-0.2, 0) is 6.54 Å². The van der Waals surface area contributed by atoms with E-state index in [0.717, 1.165) is 35.9 Å². The van der Waals surface area contributed by atoms with E-state index in [1.165, 1.54) is 5.56 Å². The maximum Gasteiger partial charge on any atom is 0.226 e. The molecule has 6 nitrogen and oxygen atoms in total. The Bertz CT molecular complexity index is 910. The molecule has 0 bridgehead atoms. The lowest BCUT2D eigenvalue weighted by molar-refractivity contribution is 0.414. The number of methoxy groups -OCH3 is 1. The number of aliphatic imine (C=N–C) groups is 1. The lowest BCUT2D eigenvalue weighted by Gasteiger charge is -2.15. The van der Waals surface area contributed by atoms with Gasteiger partial charge < -0.3 is 19.8 Å². The van der Waals surface area contributed by atoms with E-state index in [2.05, 4.69) is 39.7 Å². The summed E-state index contributed by atoms with van der Waals surface area (Å²) in [7, 11) is 3.45. The summed E-state index contributed by atoms with van der Waals surface area (Å²) in [5, 5.41) is 6.64. The largest absolute Gasteiger partial charge is 0.497 e. The van der Waals surface area contributed by atoms with Crippen molar-refractivity contribution in [1.82, 2.24) is 15.6 Å². The fourth-order valence-corrected chi connectivity index (χ4v) is 3.00. The van der Waals surface area contributed by atoms with Gasteiger partial charge in [-0.1, -0.05) is 37.3 Å². The highest BCUT2D eigenvalue weighted by Crippen LogP contribution is 2.21. The minimum atomic E-state index is 0. The van der Waals surface area contributed by atoms with Crippen LogP contribution in [0.15, 0.2) is 70.3 Å². The monoisotopic (exact) mass is 520 g/mol. The van der Waals surface area contributed by atoms with Gasteiger partial charge in [0.15, 0.2) is 5.96 Å². The van der Waals surface area contributed by atoms with Crippen LogP contribution >= 0.6 is 24.0 Å². The summed E-state index contributed by atoms with van der Waals surface area (Å²) < 4.78 is 10.8. The fraction of sp³-hybridized carbons (Fsp3) is 0.304. The molecule has 0 amide bonds. The van der Waals surface area contributed by atoms with Gasteiger partial charge in [0, 0.05) is 19.2 Å². The number of guanidine groups is 1. The van der Waals surface area contributed by atoms with Crippen molar-refractivity contribution in [3.63, 3.8) is 0 Å². The summed E-state index contributed by atoms with van der Waals surface area (Å²) in [6.45, 7) is 3.59. The first-order valence-corrected chi connectivity index (χ1v) is 9.78. The maximum atomic E-state index is 5.57. The van der Waals surface area contributed by atoms with Crippen molar-refractivity contribution in [2.45, 2.75) is 25.8 Å². The van der Waals surface area contributed by atoms with Gasteiger partial charge in [-0.15, -0.1) is 24.0 Å². The molecule has 0 saturated carbocycles. The molecule has 1 aromatic heterocycles.